The molecule has 2 atom stereocenters. The molecule has 0 spiro atoms. The van der Waals surface area contributed by atoms with Gasteiger partial charge in [0, 0.05) is 24.8 Å². The minimum Gasteiger partial charge on any atom is -0.486 e. The van der Waals surface area contributed by atoms with Crippen LogP contribution in [0.5, 0.6) is 11.5 Å². The molecule has 0 radical (unpaired) electrons. The summed E-state index contributed by atoms with van der Waals surface area (Å²) in [7, 11) is 0. The average Bonchev–Trinajstić information content (AvgIpc) is 2.73. The molecule has 0 aliphatic carbocycles. The summed E-state index contributed by atoms with van der Waals surface area (Å²) in [6, 6.07) is 11.4. The van der Waals surface area contributed by atoms with E-state index in [4.69, 9.17) is 14.2 Å². The van der Waals surface area contributed by atoms with Crippen LogP contribution in [-0.2, 0) is 9.53 Å². The first kappa shape index (κ1) is 18.7. The molecule has 1 saturated heterocycles. The van der Waals surface area contributed by atoms with Crippen molar-refractivity contribution >= 4 is 11.6 Å². The third-order valence-electron chi connectivity index (χ3n) is 5.08. The summed E-state index contributed by atoms with van der Waals surface area (Å²) in [6.07, 6.45) is -0.182. The zero-order valence-corrected chi connectivity index (χ0v) is 15.7. The van der Waals surface area contributed by atoms with Crippen molar-refractivity contribution in [1.29, 1.82) is 0 Å². The number of morpholine rings is 1. The first-order chi connectivity index (χ1) is 13.6. The van der Waals surface area contributed by atoms with Crippen LogP contribution in [0.1, 0.15) is 18.6 Å². The number of halogens is 1. The highest BCUT2D eigenvalue weighted by Crippen LogP contribution is 2.32. The minimum atomic E-state index is -0.333. The van der Waals surface area contributed by atoms with Gasteiger partial charge in [-0.3, -0.25) is 9.69 Å². The molecule has 2 unspecified atom stereocenters. The van der Waals surface area contributed by atoms with Crippen molar-refractivity contribution in [3.8, 4) is 11.5 Å². The summed E-state index contributed by atoms with van der Waals surface area (Å²) in [5.41, 5.74) is 1.58. The molecule has 7 heteroatoms. The normalized spacial score (nSPS) is 20.4. The standard InChI is InChI=1S/C21H23FN2O4/c1-14(21(25)23-17-6-7-18-19(12-17)28-11-10-27-18)24-8-9-26-20(13-24)15-2-4-16(22)5-3-15/h2-7,12,14,20H,8-11,13H2,1H3,(H,23,25). The van der Waals surface area contributed by atoms with E-state index in [2.05, 4.69) is 10.2 Å². The number of hydrogen-bond acceptors (Lipinski definition) is 5. The number of fused-ring (bicyclic) bond motifs is 1. The number of hydrogen-bond donors (Lipinski definition) is 1. The fraction of sp³-hybridized carbons (Fsp3) is 0.381. The smallest absolute Gasteiger partial charge is 0.241 e. The zero-order valence-electron chi connectivity index (χ0n) is 15.7. The Morgan fingerprint density at radius 2 is 1.86 bits per heavy atom. The summed E-state index contributed by atoms with van der Waals surface area (Å²) in [5, 5.41) is 2.94. The summed E-state index contributed by atoms with van der Waals surface area (Å²) in [4.78, 5) is 14.8. The van der Waals surface area contributed by atoms with E-state index in [0.717, 1.165) is 5.56 Å². The number of nitrogens with one attached hydrogen (secondary N) is 1. The molecule has 0 saturated carbocycles. The molecule has 2 aliphatic heterocycles. The molecule has 1 N–H and O–H groups in total. The van der Waals surface area contributed by atoms with Crippen LogP contribution in [-0.4, -0.2) is 49.8 Å². The third kappa shape index (κ3) is 4.10. The van der Waals surface area contributed by atoms with Gasteiger partial charge in [-0.25, -0.2) is 4.39 Å². The van der Waals surface area contributed by atoms with Gasteiger partial charge in [-0.2, -0.15) is 0 Å². The Labute approximate surface area is 163 Å². The molecular weight excluding hydrogens is 363 g/mol. The maximum absolute atomic E-state index is 13.2. The highest BCUT2D eigenvalue weighted by molar-refractivity contribution is 5.94. The predicted molar refractivity (Wildman–Crippen MR) is 102 cm³/mol. The van der Waals surface area contributed by atoms with Gasteiger partial charge in [-0.05, 0) is 36.8 Å². The second kappa shape index (κ2) is 8.16. The molecule has 4 rings (SSSR count). The van der Waals surface area contributed by atoms with E-state index < -0.39 is 0 Å². The number of ether oxygens (including phenoxy) is 3. The van der Waals surface area contributed by atoms with Gasteiger partial charge in [-0.1, -0.05) is 12.1 Å². The number of carbonyl (C=O) groups excluding carboxylic acids is 1. The van der Waals surface area contributed by atoms with Crippen molar-refractivity contribution < 1.29 is 23.4 Å². The SMILES string of the molecule is CC(C(=O)Nc1ccc2c(c1)OCCO2)N1CCOC(c2ccc(F)cc2)C1. The zero-order chi connectivity index (χ0) is 19.5. The van der Waals surface area contributed by atoms with Crippen molar-refractivity contribution in [2.24, 2.45) is 0 Å². The number of benzene rings is 2. The molecule has 2 heterocycles. The van der Waals surface area contributed by atoms with Gasteiger partial charge in [0.1, 0.15) is 19.0 Å². The van der Waals surface area contributed by atoms with Crippen LogP contribution in [0.15, 0.2) is 42.5 Å². The number of amides is 1. The summed E-state index contributed by atoms with van der Waals surface area (Å²) in [6.45, 7) is 4.65. The topological polar surface area (TPSA) is 60.0 Å². The van der Waals surface area contributed by atoms with Gasteiger partial charge in [0.2, 0.25) is 5.91 Å². The van der Waals surface area contributed by atoms with E-state index in [0.29, 0.717) is 50.1 Å². The van der Waals surface area contributed by atoms with E-state index in [1.54, 1.807) is 30.3 Å². The predicted octanol–water partition coefficient (Wildman–Crippen LogP) is 3.00. The van der Waals surface area contributed by atoms with Crippen molar-refractivity contribution in [3.05, 3.63) is 53.8 Å². The van der Waals surface area contributed by atoms with Crippen molar-refractivity contribution in [1.82, 2.24) is 4.90 Å². The fourth-order valence-electron chi connectivity index (χ4n) is 3.43. The summed E-state index contributed by atoms with van der Waals surface area (Å²) >= 11 is 0. The van der Waals surface area contributed by atoms with E-state index in [1.165, 1.54) is 12.1 Å². The Balaban J connectivity index is 1.39. The Hall–Kier alpha value is -2.64. The van der Waals surface area contributed by atoms with Crippen molar-refractivity contribution in [3.63, 3.8) is 0 Å². The molecule has 1 fully saturated rings. The molecule has 2 aromatic carbocycles. The highest BCUT2D eigenvalue weighted by Gasteiger charge is 2.29. The average molecular weight is 386 g/mol. The highest BCUT2D eigenvalue weighted by atomic mass is 19.1. The van der Waals surface area contributed by atoms with Gasteiger partial charge in [0.25, 0.3) is 0 Å². The molecule has 6 nitrogen and oxygen atoms in total. The lowest BCUT2D eigenvalue weighted by atomic mass is 10.1. The quantitative estimate of drug-likeness (QED) is 0.875. The second-order valence-electron chi connectivity index (χ2n) is 6.93. The fourth-order valence-corrected chi connectivity index (χ4v) is 3.43. The number of anilines is 1. The molecule has 0 aromatic heterocycles. The largest absolute Gasteiger partial charge is 0.486 e. The van der Waals surface area contributed by atoms with E-state index >= 15 is 0 Å². The molecule has 28 heavy (non-hydrogen) atoms. The summed E-state index contributed by atoms with van der Waals surface area (Å²) < 4.78 is 30.0. The maximum Gasteiger partial charge on any atom is 0.241 e. The Morgan fingerprint density at radius 3 is 2.64 bits per heavy atom. The summed E-state index contributed by atoms with van der Waals surface area (Å²) in [5.74, 6) is 0.951. The van der Waals surface area contributed by atoms with Crippen LogP contribution in [0.2, 0.25) is 0 Å². The van der Waals surface area contributed by atoms with Crippen molar-refractivity contribution in [2.75, 3.05) is 38.2 Å². The van der Waals surface area contributed by atoms with Gasteiger partial charge < -0.3 is 19.5 Å². The molecular formula is C21H23FN2O4. The number of rotatable bonds is 4. The lowest BCUT2D eigenvalue weighted by Gasteiger charge is -2.36. The van der Waals surface area contributed by atoms with Crippen LogP contribution in [0.3, 0.4) is 0 Å². The number of nitrogens with zero attached hydrogens (tertiary/aromatic N) is 1. The van der Waals surface area contributed by atoms with Gasteiger partial charge in [-0.15, -0.1) is 0 Å². The first-order valence-electron chi connectivity index (χ1n) is 9.42. The Morgan fingerprint density at radius 1 is 1.11 bits per heavy atom. The molecule has 2 aromatic rings. The minimum absolute atomic E-state index is 0.101. The van der Waals surface area contributed by atoms with Crippen molar-refractivity contribution in [2.45, 2.75) is 19.1 Å². The lowest BCUT2D eigenvalue weighted by Crippen LogP contribution is -2.48. The van der Waals surface area contributed by atoms with Gasteiger partial charge in [0.05, 0.1) is 18.8 Å². The molecule has 148 valence electrons. The monoisotopic (exact) mass is 386 g/mol. The maximum atomic E-state index is 13.2. The lowest BCUT2D eigenvalue weighted by molar-refractivity contribution is -0.124. The van der Waals surface area contributed by atoms with Crippen LogP contribution in [0, 0.1) is 5.82 Å². The van der Waals surface area contributed by atoms with E-state index in [-0.39, 0.29) is 23.9 Å². The van der Waals surface area contributed by atoms with E-state index in [1.807, 2.05) is 6.92 Å². The second-order valence-corrected chi connectivity index (χ2v) is 6.93. The molecule has 0 bridgehead atoms. The van der Waals surface area contributed by atoms with Gasteiger partial charge in [0.15, 0.2) is 11.5 Å². The van der Waals surface area contributed by atoms with Gasteiger partial charge >= 0.3 is 0 Å². The Kier molecular flexibility index (Phi) is 5.45. The molecule has 2 aliphatic rings. The van der Waals surface area contributed by atoms with Crippen LogP contribution in [0.25, 0.3) is 0 Å². The molecule has 1 amide bonds. The van der Waals surface area contributed by atoms with Crippen LogP contribution in [0.4, 0.5) is 10.1 Å². The number of carbonyl (C=O) groups is 1. The van der Waals surface area contributed by atoms with Crippen LogP contribution >= 0.6 is 0 Å². The first-order valence-corrected chi connectivity index (χ1v) is 9.42. The Bertz CT molecular complexity index is 843. The van der Waals surface area contributed by atoms with E-state index in [9.17, 15) is 9.18 Å². The van der Waals surface area contributed by atoms with Crippen LogP contribution < -0.4 is 14.8 Å². The third-order valence-corrected chi connectivity index (χ3v) is 5.08.